The highest BCUT2D eigenvalue weighted by Gasteiger charge is 2.23. The van der Waals surface area contributed by atoms with Crippen molar-refractivity contribution in [2.45, 2.75) is 25.9 Å². The Balaban J connectivity index is 2.49. The number of carbonyl (C=O) groups excluding carboxylic acids is 1. The maximum absolute atomic E-state index is 11.3. The van der Waals surface area contributed by atoms with Gasteiger partial charge in [-0.3, -0.25) is 4.79 Å². The van der Waals surface area contributed by atoms with E-state index in [0.29, 0.717) is 0 Å². The van der Waals surface area contributed by atoms with E-state index in [1.165, 1.54) is 16.3 Å². The number of hydrogen-bond acceptors (Lipinski definition) is 2. The van der Waals surface area contributed by atoms with E-state index >= 15 is 0 Å². The van der Waals surface area contributed by atoms with Gasteiger partial charge in [0.15, 0.2) is 0 Å². The molecule has 0 aliphatic carbocycles. The second-order valence-electron chi connectivity index (χ2n) is 5.47. The molecule has 2 atom stereocenters. The van der Waals surface area contributed by atoms with Crippen LogP contribution in [0.2, 0.25) is 0 Å². The van der Waals surface area contributed by atoms with Gasteiger partial charge in [0.25, 0.3) is 0 Å². The van der Waals surface area contributed by atoms with E-state index in [9.17, 15) is 4.79 Å². The summed E-state index contributed by atoms with van der Waals surface area (Å²) in [4.78, 5) is 13.5. The van der Waals surface area contributed by atoms with Crippen LogP contribution in [0.25, 0.3) is 10.8 Å². The van der Waals surface area contributed by atoms with Gasteiger partial charge in [-0.2, -0.15) is 0 Å². The molecule has 0 unspecified atom stereocenters. The quantitative estimate of drug-likeness (QED) is 0.926. The molecule has 1 N–H and O–H groups in total. The number of carbonyl (C=O) groups is 1. The molecule has 0 saturated carbocycles. The van der Waals surface area contributed by atoms with Gasteiger partial charge in [-0.25, -0.2) is 0 Å². The molecule has 20 heavy (non-hydrogen) atoms. The summed E-state index contributed by atoms with van der Waals surface area (Å²) < 4.78 is 0. The van der Waals surface area contributed by atoms with Crippen molar-refractivity contribution in [3.8, 4) is 0 Å². The highest BCUT2D eigenvalue weighted by molar-refractivity contribution is 5.86. The number of nitrogens with one attached hydrogen (secondary N) is 1. The zero-order valence-corrected chi connectivity index (χ0v) is 12.6. The van der Waals surface area contributed by atoms with Crippen molar-refractivity contribution in [3.63, 3.8) is 0 Å². The number of benzene rings is 2. The molecule has 1 amide bonds. The second-order valence-corrected chi connectivity index (χ2v) is 5.47. The minimum absolute atomic E-state index is 0.00425. The first kappa shape index (κ1) is 14.5. The fraction of sp³-hybridized carbons (Fsp3) is 0.353. The van der Waals surface area contributed by atoms with E-state index in [2.05, 4.69) is 46.6 Å². The predicted octanol–water partition coefficient (Wildman–Crippen LogP) is 2.97. The lowest BCUT2D eigenvalue weighted by Crippen LogP contribution is -2.41. The Morgan fingerprint density at radius 1 is 1.10 bits per heavy atom. The van der Waals surface area contributed by atoms with Crippen molar-refractivity contribution < 1.29 is 4.79 Å². The summed E-state index contributed by atoms with van der Waals surface area (Å²) in [5, 5.41) is 5.48. The molecule has 0 spiro atoms. The van der Waals surface area contributed by atoms with Gasteiger partial charge < -0.3 is 10.2 Å². The third-order valence-electron chi connectivity index (χ3n) is 3.60. The van der Waals surface area contributed by atoms with Gasteiger partial charge in [-0.05, 0) is 37.4 Å². The average Bonchev–Trinajstić information content (AvgIpc) is 2.38. The maximum Gasteiger partial charge on any atom is 0.217 e. The van der Waals surface area contributed by atoms with Crippen LogP contribution in [-0.4, -0.2) is 30.9 Å². The minimum atomic E-state index is 0.00425. The molecule has 106 valence electrons. The van der Waals surface area contributed by atoms with Crippen LogP contribution in [0.4, 0.5) is 0 Å². The number of nitrogens with zero attached hydrogens (tertiary/aromatic N) is 1. The molecule has 2 aromatic carbocycles. The normalized spacial score (nSPS) is 14.2. The highest BCUT2D eigenvalue weighted by Crippen LogP contribution is 2.29. The number of fused-ring (bicyclic) bond motifs is 1. The Bertz CT molecular complexity index is 601. The molecule has 3 nitrogen and oxygen atoms in total. The standard InChI is InChI=1S/C17H22N2O/c1-12(18-13(2)20)17(19(3)4)16-11-7-9-14-8-5-6-10-15(14)16/h5-12,17H,1-4H3,(H,18,20)/t12-,17+/m0/s1. The maximum atomic E-state index is 11.3. The molecule has 0 aliphatic heterocycles. The molecule has 0 aromatic heterocycles. The average molecular weight is 270 g/mol. The summed E-state index contributed by atoms with van der Waals surface area (Å²) in [5.41, 5.74) is 1.24. The lowest BCUT2D eigenvalue weighted by atomic mass is 9.94. The Kier molecular flexibility index (Phi) is 4.40. The topological polar surface area (TPSA) is 32.3 Å². The van der Waals surface area contributed by atoms with E-state index in [4.69, 9.17) is 0 Å². The van der Waals surface area contributed by atoms with E-state index in [1.807, 2.05) is 27.1 Å². The molecular weight excluding hydrogens is 248 g/mol. The highest BCUT2D eigenvalue weighted by atomic mass is 16.1. The lowest BCUT2D eigenvalue weighted by molar-refractivity contribution is -0.119. The fourth-order valence-electron chi connectivity index (χ4n) is 2.90. The molecule has 0 heterocycles. The molecule has 0 aliphatic rings. The first-order valence-electron chi connectivity index (χ1n) is 6.92. The van der Waals surface area contributed by atoms with Gasteiger partial charge in [-0.15, -0.1) is 0 Å². The van der Waals surface area contributed by atoms with E-state index in [0.717, 1.165) is 0 Å². The molecular formula is C17H22N2O. The van der Waals surface area contributed by atoms with Gasteiger partial charge in [0, 0.05) is 13.0 Å². The van der Waals surface area contributed by atoms with E-state index in [-0.39, 0.29) is 18.0 Å². The number of likely N-dealkylation sites (N-methyl/N-ethyl adjacent to an activating group) is 1. The van der Waals surface area contributed by atoms with E-state index < -0.39 is 0 Å². The summed E-state index contributed by atoms with van der Waals surface area (Å²) in [6.45, 7) is 3.61. The minimum Gasteiger partial charge on any atom is -0.352 e. The number of amides is 1. The van der Waals surface area contributed by atoms with Gasteiger partial charge in [0.05, 0.1) is 6.04 Å². The Hall–Kier alpha value is -1.87. The summed E-state index contributed by atoms with van der Waals surface area (Å²) in [7, 11) is 4.09. The summed E-state index contributed by atoms with van der Waals surface area (Å²) >= 11 is 0. The predicted molar refractivity (Wildman–Crippen MR) is 83.7 cm³/mol. The van der Waals surface area contributed by atoms with Crippen LogP contribution in [0.3, 0.4) is 0 Å². The van der Waals surface area contributed by atoms with Crippen LogP contribution >= 0.6 is 0 Å². The summed E-state index contributed by atoms with van der Waals surface area (Å²) in [5.74, 6) is 0.00425. The van der Waals surface area contributed by atoms with Crippen LogP contribution in [0.15, 0.2) is 42.5 Å². The monoisotopic (exact) mass is 270 g/mol. The number of hydrogen-bond donors (Lipinski definition) is 1. The third-order valence-corrected chi connectivity index (χ3v) is 3.60. The van der Waals surface area contributed by atoms with Crippen molar-refractivity contribution >= 4 is 16.7 Å². The SMILES string of the molecule is CC(=O)N[C@@H](C)[C@H](c1cccc2ccccc12)N(C)C. The van der Waals surface area contributed by atoms with Crippen molar-refractivity contribution in [1.29, 1.82) is 0 Å². The van der Waals surface area contributed by atoms with Crippen molar-refractivity contribution in [2.24, 2.45) is 0 Å². The Labute approximate surface area is 120 Å². The van der Waals surface area contributed by atoms with Gasteiger partial charge in [0.2, 0.25) is 5.91 Å². The third kappa shape index (κ3) is 2.99. The smallest absolute Gasteiger partial charge is 0.217 e. The zero-order valence-electron chi connectivity index (χ0n) is 12.6. The van der Waals surface area contributed by atoms with Crippen LogP contribution < -0.4 is 5.32 Å². The van der Waals surface area contributed by atoms with E-state index in [1.54, 1.807) is 6.92 Å². The molecule has 2 rings (SSSR count). The molecule has 0 radical (unpaired) electrons. The summed E-state index contributed by atoms with van der Waals surface area (Å²) in [6, 6.07) is 14.9. The van der Waals surface area contributed by atoms with Crippen LogP contribution in [0.5, 0.6) is 0 Å². The first-order valence-corrected chi connectivity index (χ1v) is 6.92. The largest absolute Gasteiger partial charge is 0.352 e. The zero-order chi connectivity index (χ0) is 14.7. The number of rotatable bonds is 4. The first-order chi connectivity index (χ1) is 9.50. The molecule has 0 fully saturated rings. The van der Waals surface area contributed by atoms with Crippen molar-refractivity contribution in [3.05, 3.63) is 48.0 Å². The second kappa shape index (κ2) is 6.06. The van der Waals surface area contributed by atoms with Gasteiger partial charge in [-0.1, -0.05) is 42.5 Å². The Morgan fingerprint density at radius 3 is 2.40 bits per heavy atom. The van der Waals surface area contributed by atoms with Gasteiger partial charge in [0.1, 0.15) is 0 Å². The Morgan fingerprint density at radius 2 is 1.75 bits per heavy atom. The van der Waals surface area contributed by atoms with Crippen LogP contribution in [0.1, 0.15) is 25.5 Å². The van der Waals surface area contributed by atoms with Gasteiger partial charge >= 0.3 is 0 Å². The van der Waals surface area contributed by atoms with Crippen molar-refractivity contribution in [2.75, 3.05) is 14.1 Å². The molecule has 3 heteroatoms. The van der Waals surface area contributed by atoms with Crippen LogP contribution in [0, 0.1) is 0 Å². The molecule has 0 bridgehead atoms. The fourth-order valence-corrected chi connectivity index (χ4v) is 2.90. The molecule has 0 saturated heterocycles. The lowest BCUT2D eigenvalue weighted by Gasteiger charge is -2.31. The molecule has 2 aromatic rings. The van der Waals surface area contributed by atoms with Crippen LogP contribution in [-0.2, 0) is 4.79 Å². The van der Waals surface area contributed by atoms with Crippen molar-refractivity contribution in [1.82, 2.24) is 10.2 Å². The summed E-state index contributed by atoms with van der Waals surface area (Å²) in [6.07, 6.45) is 0.